The predicted octanol–water partition coefficient (Wildman–Crippen LogP) is 6.57. The number of hydrogen-bond donors (Lipinski definition) is 1. The van der Waals surface area contributed by atoms with Gasteiger partial charge in [0.1, 0.15) is 5.69 Å². The summed E-state index contributed by atoms with van der Waals surface area (Å²) in [5.41, 5.74) is 2.00. The van der Waals surface area contributed by atoms with Crippen molar-refractivity contribution in [3.8, 4) is 0 Å². The molecule has 2 rings (SSSR count). The Bertz CT molecular complexity index is 882. The molecule has 0 bridgehead atoms. The number of rotatable bonds is 7. The van der Waals surface area contributed by atoms with Gasteiger partial charge < -0.3 is 14.1 Å². The fourth-order valence-corrected chi connectivity index (χ4v) is 4.31. The van der Waals surface area contributed by atoms with Crippen molar-refractivity contribution in [3.63, 3.8) is 0 Å². The van der Waals surface area contributed by atoms with Crippen LogP contribution in [0.4, 0.5) is 0 Å². The number of esters is 1. The summed E-state index contributed by atoms with van der Waals surface area (Å²) >= 11 is 3.60. The molecule has 0 saturated heterocycles. The third kappa shape index (κ3) is 4.44. The van der Waals surface area contributed by atoms with Crippen molar-refractivity contribution in [3.05, 3.63) is 46.6 Å². The molecule has 2 aromatic rings. The number of ether oxygens (including phenoxy) is 1. The maximum absolute atomic E-state index is 12.2. The van der Waals surface area contributed by atoms with Crippen LogP contribution in [0.2, 0.25) is 18.1 Å². The lowest BCUT2D eigenvalue weighted by Crippen LogP contribution is -2.44. The largest absolute Gasteiger partial charge is 0.461 e. The van der Waals surface area contributed by atoms with E-state index >= 15 is 0 Å². The summed E-state index contributed by atoms with van der Waals surface area (Å²) in [6.07, 6.45) is 1.94. The average molecular weight is 466 g/mol. The first-order chi connectivity index (χ1) is 12.9. The molecule has 0 spiro atoms. The van der Waals surface area contributed by atoms with Crippen molar-refractivity contribution >= 4 is 41.1 Å². The summed E-state index contributed by atoms with van der Waals surface area (Å²) in [7, 11) is -1.91. The molecule has 28 heavy (non-hydrogen) atoms. The van der Waals surface area contributed by atoms with Gasteiger partial charge in [0.15, 0.2) is 8.32 Å². The summed E-state index contributed by atoms with van der Waals surface area (Å²) in [4.78, 5) is 15.5. The average Bonchev–Trinajstić information content (AvgIpc) is 3.05. The minimum absolute atomic E-state index is 0.133. The third-order valence-electron chi connectivity index (χ3n) is 5.84. The second-order valence-electron chi connectivity index (χ2n) is 8.96. The first-order valence-corrected chi connectivity index (χ1v) is 13.3. The Kier molecular flexibility index (Phi) is 6.68. The van der Waals surface area contributed by atoms with Crippen LogP contribution in [-0.4, -0.2) is 32.5 Å². The Morgan fingerprint density at radius 3 is 2.46 bits per heavy atom. The summed E-state index contributed by atoms with van der Waals surface area (Å²) in [5.74, 6) is -0.352. The van der Waals surface area contributed by atoms with Crippen molar-refractivity contribution in [2.24, 2.45) is 0 Å². The highest BCUT2D eigenvalue weighted by Gasteiger charge is 2.39. The van der Waals surface area contributed by atoms with Crippen LogP contribution in [0.5, 0.6) is 0 Å². The number of fused-ring (bicyclic) bond motifs is 1. The molecular formula is C22H32BrNO3Si. The van der Waals surface area contributed by atoms with Gasteiger partial charge in [-0.15, -0.1) is 6.58 Å². The van der Waals surface area contributed by atoms with E-state index in [-0.39, 0.29) is 11.0 Å². The number of H-pyrrole nitrogens is 1. The molecule has 0 aliphatic rings. The highest BCUT2D eigenvalue weighted by Crippen LogP contribution is 2.40. The Hall–Kier alpha value is -1.37. The van der Waals surface area contributed by atoms with E-state index in [1.54, 1.807) is 6.92 Å². The van der Waals surface area contributed by atoms with Crippen LogP contribution < -0.4 is 0 Å². The third-order valence-corrected chi connectivity index (χ3v) is 11.0. The smallest absolute Gasteiger partial charge is 0.354 e. The van der Waals surface area contributed by atoms with Crippen molar-refractivity contribution in [2.45, 2.75) is 58.2 Å². The molecule has 6 heteroatoms. The summed E-state index contributed by atoms with van der Waals surface area (Å²) in [6.45, 7) is 20.1. The molecule has 0 amide bonds. The fraction of sp³-hybridized carbons (Fsp3) is 0.500. The van der Waals surface area contributed by atoms with Gasteiger partial charge in [0.2, 0.25) is 0 Å². The fourth-order valence-electron chi connectivity index (χ4n) is 2.77. The van der Waals surface area contributed by atoms with Gasteiger partial charge in [-0.25, -0.2) is 4.79 Å². The number of carbonyl (C=O) groups is 1. The number of carbonyl (C=O) groups excluding carboxylic acids is 1. The lowest BCUT2D eigenvalue weighted by Gasteiger charge is -2.39. The molecule has 1 aromatic heterocycles. The molecule has 1 aromatic carbocycles. The minimum atomic E-state index is -1.91. The van der Waals surface area contributed by atoms with Crippen molar-refractivity contribution < 1.29 is 14.0 Å². The first kappa shape index (κ1) is 22.9. The zero-order chi connectivity index (χ0) is 21.3. The maximum Gasteiger partial charge on any atom is 0.354 e. The molecule has 0 aliphatic heterocycles. The number of nitrogens with one attached hydrogen (secondary N) is 1. The van der Waals surface area contributed by atoms with Gasteiger partial charge in [-0.3, -0.25) is 0 Å². The van der Waals surface area contributed by atoms with Gasteiger partial charge in [-0.1, -0.05) is 48.8 Å². The molecule has 4 nitrogen and oxygen atoms in total. The van der Waals surface area contributed by atoms with E-state index < -0.39 is 13.7 Å². The highest BCUT2D eigenvalue weighted by molar-refractivity contribution is 9.10. The van der Waals surface area contributed by atoms with Gasteiger partial charge >= 0.3 is 5.97 Å². The number of halogens is 1. The molecular weight excluding hydrogens is 434 g/mol. The Morgan fingerprint density at radius 1 is 1.29 bits per heavy atom. The van der Waals surface area contributed by atoms with Gasteiger partial charge in [0, 0.05) is 21.9 Å². The van der Waals surface area contributed by atoms with Gasteiger partial charge in [-0.2, -0.15) is 0 Å². The minimum Gasteiger partial charge on any atom is -0.461 e. The zero-order valence-corrected chi connectivity index (χ0v) is 20.6. The van der Waals surface area contributed by atoms with Crippen molar-refractivity contribution in [2.75, 3.05) is 13.2 Å². The lowest BCUT2D eigenvalue weighted by molar-refractivity contribution is 0.0520. The molecule has 0 aliphatic carbocycles. The van der Waals surface area contributed by atoms with E-state index in [0.717, 1.165) is 20.9 Å². The Balaban J connectivity index is 2.49. The predicted molar refractivity (Wildman–Crippen MR) is 123 cm³/mol. The summed E-state index contributed by atoms with van der Waals surface area (Å²) < 4.78 is 12.6. The van der Waals surface area contributed by atoms with E-state index in [1.807, 2.05) is 18.2 Å². The van der Waals surface area contributed by atoms with Crippen LogP contribution in [0.1, 0.15) is 50.7 Å². The van der Waals surface area contributed by atoms with E-state index in [9.17, 15) is 4.79 Å². The molecule has 0 radical (unpaired) electrons. The number of hydrogen-bond acceptors (Lipinski definition) is 3. The quantitative estimate of drug-likeness (QED) is 0.285. The van der Waals surface area contributed by atoms with E-state index in [2.05, 4.69) is 74.3 Å². The normalized spacial score (nSPS) is 14.7. The van der Waals surface area contributed by atoms with Crippen LogP contribution in [0.15, 0.2) is 35.3 Å². The van der Waals surface area contributed by atoms with Crippen LogP contribution in [0.25, 0.3) is 10.9 Å². The molecule has 0 fully saturated rings. The molecule has 1 N–H and O–H groups in total. The highest BCUT2D eigenvalue weighted by atomic mass is 79.9. The standard InChI is InChI=1S/C22H32BrNO3Si/c1-9-22(6,14-27-28(7,8)21(3,4)5)16-11-12-17(23)15-13-18(24-19(15)16)20(25)26-10-2/h9,11-13,24H,1,10,14H2,2-8H3/t22-/m0/s1. The number of aromatic nitrogens is 1. The van der Waals surface area contributed by atoms with Gasteiger partial charge in [0.05, 0.1) is 12.1 Å². The number of aromatic amines is 1. The van der Waals surface area contributed by atoms with E-state index in [4.69, 9.17) is 9.16 Å². The molecule has 154 valence electrons. The van der Waals surface area contributed by atoms with Crippen molar-refractivity contribution in [1.82, 2.24) is 4.98 Å². The van der Waals surface area contributed by atoms with Crippen LogP contribution in [-0.2, 0) is 14.6 Å². The lowest BCUT2D eigenvalue weighted by atomic mass is 9.82. The Morgan fingerprint density at radius 2 is 1.93 bits per heavy atom. The van der Waals surface area contributed by atoms with Crippen LogP contribution in [0, 0.1) is 0 Å². The monoisotopic (exact) mass is 465 g/mol. The van der Waals surface area contributed by atoms with Crippen LogP contribution in [0.3, 0.4) is 0 Å². The second kappa shape index (κ2) is 8.17. The van der Waals surface area contributed by atoms with Crippen LogP contribution >= 0.6 is 15.9 Å². The summed E-state index contributed by atoms with van der Waals surface area (Å²) in [5, 5.41) is 1.08. The SMILES string of the molecule is C=C[C@@](C)(CO[Si](C)(C)C(C)(C)C)c1ccc(Br)c2cc(C(=O)OCC)[nH]c12. The van der Waals surface area contributed by atoms with Gasteiger partial charge in [-0.05, 0) is 49.7 Å². The molecule has 0 saturated carbocycles. The first-order valence-electron chi connectivity index (χ1n) is 9.62. The van der Waals surface area contributed by atoms with Gasteiger partial charge in [0.25, 0.3) is 0 Å². The molecule has 1 heterocycles. The Labute approximate surface area is 178 Å². The van der Waals surface area contributed by atoms with E-state index in [1.165, 1.54) is 0 Å². The second-order valence-corrected chi connectivity index (χ2v) is 14.6. The zero-order valence-electron chi connectivity index (χ0n) is 18.0. The van der Waals surface area contributed by atoms with E-state index in [0.29, 0.717) is 18.9 Å². The number of benzene rings is 1. The topological polar surface area (TPSA) is 51.3 Å². The molecule has 0 unspecified atom stereocenters. The molecule has 1 atom stereocenters. The summed E-state index contributed by atoms with van der Waals surface area (Å²) in [6, 6.07) is 5.90. The maximum atomic E-state index is 12.2. The van der Waals surface area contributed by atoms with Crippen molar-refractivity contribution in [1.29, 1.82) is 0 Å².